The van der Waals surface area contributed by atoms with Gasteiger partial charge in [0.15, 0.2) is 5.65 Å². The number of methoxy groups -OCH3 is 1. The van der Waals surface area contributed by atoms with Crippen LogP contribution in [0.4, 0.5) is 21.8 Å². The molecule has 0 atom stereocenters. The average Bonchev–Trinajstić information content (AvgIpc) is 2.81. The van der Waals surface area contributed by atoms with Crippen molar-refractivity contribution in [1.29, 1.82) is 0 Å². The van der Waals surface area contributed by atoms with Gasteiger partial charge in [-0.05, 0) is 47.8 Å². The summed E-state index contributed by atoms with van der Waals surface area (Å²) in [5.74, 6) is 1.06. The number of fused-ring (bicyclic) bond motifs is 1. The molecule has 3 heterocycles. The summed E-state index contributed by atoms with van der Waals surface area (Å²) in [6.07, 6.45) is 3.18. The van der Waals surface area contributed by atoms with E-state index in [-0.39, 0.29) is 0 Å². The lowest BCUT2D eigenvalue weighted by Gasteiger charge is -2.13. The number of nitrogens with one attached hydrogen (secondary N) is 3. The van der Waals surface area contributed by atoms with E-state index >= 15 is 0 Å². The highest BCUT2D eigenvalue weighted by Crippen LogP contribution is 2.35. The molecule has 0 fully saturated rings. The zero-order chi connectivity index (χ0) is 22.7. The summed E-state index contributed by atoms with van der Waals surface area (Å²) in [5, 5.41) is 7.16. The Labute approximate surface area is 193 Å². The van der Waals surface area contributed by atoms with E-state index in [1.54, 1.807) is 26.4 Å². The minimum absolute atomic E-state index is 0.397. The first-order chi connectivity index (χ1) is 15.5. The number of hydrogen-bond acceptors (Lipinski definition) is 9. The second kappa shape index (κ2) is 9.41. The number of halogens is 2. The van der Waals surface area contributed by atoms with E-state index in [1.807, 2.05) is 12.1 Å². The van der Waals surface area contributed by atoms with Crippen molar-refractivity contribution in [3.63, 3.8) is 0 Å². The number of aromatic nitrogens is 4. The van der Waals surface area contributed by atoms with Crippen LogP contribution in [-0.2, 0) is 0 Å². The molecule has 8 nitrogen and oxygen atoms in total. The van der Waals surface area contributed by atoms with Gasteiger partial charge in [0, 0.05) is 43.1 Å². The summed E-state index contributed by atoms with van der Waals surface area (Å²) in [4.78, 5) is 18.0. The lowest BCUT2D eigenvalue weighted by atomic mass is 10.0. The molecule has 0 saturated heterocycles. The van der Waals surface area contributed by atoms with Crippen LogP contribution >= 0.6 is 23.5 Å². The number of rotatable bonds is 7. The maximum absolute atomic E-state index is 14.5. The molecule has 0 spiro atoms. The minimum Gasteiger partial charge on any atom is -0.480 e. The molecule has 11 heteroatoms. The Morgan fingerprint density at radius 3 is 2.59 bits per heavy atom. The number of benzene rings is 1. The largest absolute Gasteiger partial charge is 0.480 e. The smallest absolute Gasteiger partial charge is 0.228 e. The number of nitrogens with zero attached hydrogens (tertiary/aromatic N) is 4. The van der Waals surface area contributed by atoms with Crippen molar-refractivity contribution in [3.8, 4) is 17.0 Å². The van der Waals surface area contributed by atoms with Crippen LogP contribution in [0.1, 0.15) is 0 Å². The maximum Gasteiger partial charge on any atom is 0.228 e. The van der Waals surface area contributed by atoms with Crippen LogP contribution in [0, 0.1) is 5.82 Å². The first kappa shape index (κ1) is 21.8. The number of pyridine rings is 2. The summed E-state index contributed by atoms with van der Waals surface area (Å²) < 4.78 is 22.9. The summed E-state index contributed by atoms with van der Waals surface area (Å²) in [7, 11) is 5.02. The molecule has 0 bridgehead atoms. The van der Waals surface area contributed by atoms with Gasteiger partial charge in [0.2, 0.25) is 11.8 Å². The molecule has 3 aromatic heterocycles. The van der Waals surface area contributed by atoms with E-state index in [4.69, 9.17) is 16.3 Å². The predicted molar refractivity (Wildman–Crippen MR) is 127 cm³/mol. The zero-order valence-corrected chi connectivity index (χ0v) is 19.0. The van der Waals surface area contributed by atoms with E-state index in [0.717, 1.165) is 10.9 Å². The van der Waals surface area contributed by atoms with Crippen LogP contribution in [0.3, 0.4) is 0 Å². The van der Waals surface area contributed by atoms with Gasteiger partial charge in [-0.3, -0.25) is 0 Å². The van der Waals surface area contributed by atoms with Gasteiger partial charge in [0.1, 0.15) is 11.6 Å². The zero-order valence-electron chi connectivity index (χ0n) is 17.4. The average molecular weight is 472 g/mol. The van der Waals surface area contributed by atoms with Crippen LogP contribution in [0.15, 0.2) is 47.6 Å². The Hall–Kier alpha value is -3.37. The highest BCUT2D eigenvalue weighted by molar-refractivity contribution is 8.00. The number of ether oxygens (including phenoxy) is 1. The Morgan fingerprint density at radius 2 is 1.84 bits per heavy atom. The van der Waals surface area contributed by atoms with Crippen LogP contribution < -0.4 is 20.1 Å². The molecule has 0 saturated carbocycles. The van der Waals surface area contributed by atoms with Crippen LogP contribution in [0.25, 0.3) is 22.2 Å². The monoisotopic (exact) mass is 471 g/mol. The third-order valence-corrected chi connectivity index (χ3v) is 5.55. The van der Waals surface area contributed by atoms with E-state index < -0.39 is 5.82 Å². The highest BCUT2D eigenvalue weighted by atomic mass is 35.5. The normalized spacial score (nSPS) is 10.8. The predicted octanol–water partition coefficient (Wildman–Crippen LogP) is 5.09. The summed E-state index contributed by atoms with van der Waals surface area (Å²) in [6, 6.07) is 8.27. The number of hydrogen-bond donors (Lipinski definition) is 3. The molecule has 0 unspecified atom stereocenters. The molecule has 3 N–H and O–H groups in total. The molecule has 0 aliphatic heterocycles. The second-order valence-electron chi connectivity index (χ2n) is 6.58. The van der Waals surface area contributed by atoms with Gasteiger partial charge in [0.05, 0.1) is 17.0 Å². The summed E-state index contributed by atoms with van der Waals surface area (Å²) in [5.41, 5.74) is 2.44. The van der Waals surface area contributed by atoms with E-state index in [9.17, 15) is 4.39 Å². The minimum atomic E-state index is -0.397. The fraction of sp³-hybridized carbons (Fsp3) is 0.143. The van der Waals surface area contributed by atoms with Crippen molar-refractivity contribution in [2.24, 2.45) is 0 Å². The van der Waals surface area contributed by atoms with Crippen molar-refractivity contribution in [2.45, 2.75) is 4.90 Å². The van der Waals surface area contributed by atoms with Crippen molar-refractivity contribution >= 4 is 52.0 Å². The Balaban J connectivity index is 1.69. The maximum atomic E-state index is 14.5. The lowest BCUT2D eigenvalue weighted by Crippen LogP contribution is -2.01. The van der Waals surface area contributed by atoms with Gasteiger partial charge in [-0.15, -0.1) is 0 Å². The molecule has 164 valence electrons. The SMILES string of the molecule is CNc1ncc2cc(-c3cc(F)cc(NSc4cc(Cl)cnc4OC)c3)c(NC)nc2n1. The van der Waals surface area contributed by atoms with Crippen molar-refractivity contribution in [3.05, 3.63) is 53.6 Å². The first-order valence-electron chi connectivity index (χ1n) is 9.47. The Bertz CT molecular complexity index is 1290. The number of anilines is 3. The molecule has 4 aromatic rings. The third kappa shape index (κ3) is 4.61. The van der Waals surface area contributed by atoms with Gasteiger partial charge in [-0.25, -0.2) is 19.3 Å². The fourth-order valence-corrected chi connectivity index (χ4v) is 4.02. The molecular weight excluding hydrogens is 453 g/mol. The van der Waals surface area contributed by atoms with E-state index in [1.165, 1.54) is 37.4 Å². The van der Waals surface area contributed by atoms with Crippen LogP contribution in [0.5, 0.6) is 5.88 Å². The molecule has 0 amide bonds. The van der Waals surface area contributed by atoms with Gasteiger partial charge in [0.25, 0.3) is 0 Å². The van der Waals surface area contributed by atoms with Crippen molar-refractivity contribution in [2.75, 3.05) is 36.6 Å². The van der Waals surface area contributed by atoms with Crippen molar-refractivity contribution in [1.82, 2.24) is 19.9 Å². The standard InChI is InChI=1S/C21H19ClFN7OS/c1-24-19-16(6-12-9-27-21(25-2)29-18(12)28-19)11-4-14(23)8-15(5-11)30-32-17-7-13(22)10-26-20(17)31-3/h4-10,30H,1-3H3,(H2,24,25,27,28,29). The summed E-state index contributed by atoms with van der Waals surface area (Å²) >= 11 is 7.26. The van der Waals surface area contributed by atoms with Gasteiger partial charge in [-0.1, -0.05) is 11.6 Å². The van der Waals surface area contributed by atoms with Crippen LogP contribution in [0.2, 0.25) is 5.02 Å². The van der Waals surface area contributed by atoms with Crippen LogP contribution in [-0.4, -0.2) is 41.1 Å². The molecule has 1 aromatic carbocycles. The van der Waals surface area contributed by atoms with E-state index in [2.05, 4.69) is 35.3 Å². The highest BCUT2D eigenvalue weighted by Gasteiger charge is 2.13. The third-order valence-electron chi connectivity index (χ3n) is 4.49. The molecule has 0 aliphatic carbocycles. The van der Waals surface area contributed by atoms with Crippen molar-refractivity contribution < 1.29 is 9.13 Å². The molecule has 0 aliphatic rings. The Kier molecular flexibility index (Phi) is 6.42. The van der Waals surface area contributed by atoms with E-state index in [0.29, 0.717) is 44.5 Å². The molecule has 32 heavy (non-hydrogen) atoms. The summed E-state index contributed by atoms with van der Waals surface area (Å²) in [6.45, 7) is 0. The first-order valence-corrected chi connectivity index (χ1v) is 10.7. The fourth-order valence-electron chi connectivity index (χ4n) is 3.05. The quantitative estimate of drug-likeness (QED) is 0.318. The van der Waals surface area contributed by atoms with Gasteiger partial charge in [-0.2, -0.15) is 4.98 Å². The lowest BCUT2D eigenvalue weighted by molar-refractivity contribution is 0.387. The molecule has 4 rings (SSSR count). The topological polar surface area (TPSA) is 96.9 Å². The van der Waals surface area contributed by atoms with Gasteiger partial charge >= 0.3 is 0 Å². The molecular formula is C21H19ClFN7OS. The van der Waals surface area contributed by atoms with Gasteiger partial charge < -0.3 is 20.1 Å². The molecule has 0 radical (unpaired) electrons. The Morgan fingerprint density at radius 1 is 1.00 bits per heavy atom. The second-order valence-corrected chi connectivity index (χ2v) is 7.87.